The van der Waals surface area contributed by atoms with Crippen molar-refractivity contribution < 1.29 is 9.59 Å². The van der Waals surface area contributed by atoms with E-state index in [0.29, 0.717) is 0 Å². The summed E-state index contributed by atoms with van der Waals surface area (Å²) in [4.78, 5) is 27.1. The number of carbonyl (C=O) groups excluding carboxylic acids is 2. The molecule has 2 atom stereocenters. The fraction of sp³-hybridized carbons (Fsp3) is 0.875. The van der Waals surface area contributed by atoms with Crippen LogP contribution in [0.1, 0.15) is 60.8 Å². The minimum atomic E-state index is -0.783. The molecule has 1 heterocycles. The van der Waals surface area contributed by atoms with Crippen molar-refractivity contribution in [3.8, 4) is 0 Å². The molecule has 0 spiro atoms. The van der Waals surface area contributed by atoms with E-state index in [-0.39, 0.29) is 35.2 Å². The second kappa shape index (κ2) is 4.74. The van der Waals surface area contributed by atoms with Crippen LogP contribution in [0.2, 0.25) is 0 Å². The van der Waals surface area contributed by atoms with E-state index in [1.807, 2.05) is 18.7 Å². The smallest absolute Gasteiger partial charge is 0.248 e. The van der Waals surface area contributed by atoms with E-state index >= 15 is 0 Å². The maximum Gasteiger partial charge on any atom is 0.248 e. The fourth-order valence-electron chi connectivity index (χ4n) is 3.66. The first kappa shape index (κ1) is 15.3. The van der Waals surface area contributed by atoms with Gasteiger partial charge in [0.15, 0.2) is 0 Å². The Morgan fingerprint density at radius 2 is 1.80 bits per heavy atom. The Bertz CT molecular complexity index is 426. The average Bonchev–Trinajstić information content (AvgIpc) is 2.62. The number of hydrogen-bond acceptors (Lipinski definition) is 2. The van der Waals surface area contributed by atoms with Gasteiger partial charge in [-0.15, -0.1) is 0 Å². The van der Waals surface area contributed by atoms with Crippen LogP contribution in [-0.4, -0.2) is 34.3 Å². The Labute approximate surface area is 122 Å². The molecule has 1 aliphatic carbocycles. The van der Waals surface area contributed by atoms with Gasteiger partial charge in [0.25, 0.3) is 0 Å². The summed E-state index contributed by atoms with van der Waals surface area (Å²) in [6.07, 6.45) is 3.12. The van der Waals surface area contributed by atoms with Crippen LogP contribution in [0.25, 0.3) is 0 Å². The number of carbonyl (C=O) groups is 2. The van der Waals surface area contributed by atoms with Gasteiger partial charge in [-0.2, -0.15) is 0 Å². The summed E-state index contributed by atoms with van der Waals surface area (Å²) in [5.41, 5.74) is -0.514. The lowest BCUT2D eigenvalue weighted by Gasteiger charge is -2.47. The van der Waals surface area contributed by atoms with Crippen LogP contribution in [0.4, 0.5) is 0 Å². The molecule has 2 fully saturated rings. The lowest BCUT2D eigenvalue weighted by molar-refractivity contribution is -0.158. The molecule has 0 radical (unpaired) electrons. The van der Waals surface area contributed by atoms with Crippen molar-refractivity contribution in [2.75, 3.05) is 0 Å². The highest BCUT2D eigenvalue weighted by atomic mass is 16.2. The van der Waals surface area contributed by atoms with Crippen LogP contribution in [0, 0.1) is 11.3 Å². The van der Waals surface area contributed by atoms with Gasteiger partial charge in [0.05, 0.1) is 0 Å². The van der Waals surface area contributed by atoms with Crippen molar-refractivity contribution in [1.82, 2.24) is 10.2 Å². The highest BCUT2D eigenvalue weighted by molar-refractivity contribution is 5.99. The van der Waals surface area contributed by atoms with Gasteiger partial charge in [0.2, 0.25) is 11.8 Å². The van der Waals surface area contributed by atoms with E-state index in [4.69, 9.17) is 0 Å². The Balaban J connectivity index is 2.33. The number of rotatable bonds is 2. The van der Waals surface area contributed by atoms with Crippen molar-refractivity contribution in [1.29, 1.82) is 0 Å². The van der Waals surface area contributed by atoms with Gasteiger partial charge in [-0.1, -0.05) is 27.7 Å². The van der Waals surface area contributed by atoms with Crippen molar-refractivity contribution in [2.45, 2.75) is 78.4 Å². The monoisotopic (exact) mass is 280 g/mol. The van der Waals surface area contributed by atoms with Crippen LogP contribution >= 0.6 is 0 Å². The lowest BCUT2D eigenvalue weighted by atomic mass is 9.88. The molecule has 4 heteroatoms. The summed E-state index contributed by atoms with van der Waals surface area (Å²) in [5, 5.41) is 2.88. The normalized spacial score (nSPS) is 32.6. The van der Waals surface area contributed by atoms with Crippen molar-refractivity contribution in [2.24, 2.45) is 11.3 Å². The topological polar surface area (TPSA) is 49.4 Å². The number of piperazine rings is 1. The van der Waals surface area contributed by atoms with Gasteiger partial charge >= 0.3 is 0 Å². The highest BCUT2D eigenvalue weighted by Gasteiger charge is 2.50. The number of hydrogen-bond donors (Lipinski definition) is 1. The summed E-state index contributed by atoms with van der Waals surface area (Å²) < 4.78 is 0. The first-order valence-corrected chi connectivity index (χ1v) is 7.70. The molecule has 114 valence electrons. The van der Waals surface area contributed by atoms with E-state index in [1.54, 1.807) is 13.8 Å². The average molecular weight is 280 g/mol. The van der Waals surface area contributed by atoms with Gasteiger partial charge in [0, 0.05) is 6.04 Å². The van der Waals surface area contributed by atoms with Crippen LogP contribution in [-0.2, 0) is 9.59 Å². The van der Waals surface area contributed by atoms with Gasteiger partial charge in [-0.3, -0.25) is 9.59 Å². The third-order valence-corrected chi connectivity index (χ3v) is 4.74. The summed E-state index contributed by atoms with van der Waals surface area (Å²) in [6.45, 7) is 12.1. The molecule has 2 unspecified atom stereocenters. The lowest BCUT2D eigenvalue weighted by Crippen LogP contribution is -2.70. The molecule has 0 aromatic heterocycles. The Morgan fingerprint density at radius 1 is 1.20 bits per heavy atom. The maximum absolute atomic E-state index is 12.8. The highest BCUT2D eigenvalue weighted by Crippen LogP contribution is 2.41. The Kier molecular flexibility index (Phi) is 3.64. The molecule has 4 nitrogen and oxygen atoms in total. The molecule has 1 N–H and O–H groups in total. The summed E-state index contributed by atoms with van der Waals surface area (Å²) in [7, 11) is 0. The third-order valence-electron chi connectivity index (χ3n) is 4.74. The third kappa shape index (κ3) is 2.57. The van der Waals surface area contributed by atoms with E-state index < -0.39 is 5.54 Å². The summed E-state index contributed by atoms with van der Waals surface area (Å²) in [5.74, 6) is 0.201. The first-order chi connectivity index (χ1) is 9.05. The molecular weight excluding hydrogens is 252 g/mol. The molecule has 1 saturated heterocycles. The summed E-state index contributed by atoms with van der Waals surface area (Å²) in [6, 6.07) is -0.121. The predicted octanol–water partition coefficient (Wildman–Crippen LogP) is 2.33. The Hall–Kier alpha value is -1.06. The van der Waals surface area contributed by atoms with E-state index in [0.717, 1.165) is 19.3 Å². The van der Waals surface area contributed by atoms with Crippen molar-refractivity contribution in [3.05, 3.63) is 0 Å². The van der Waals surface area contributed by atoms with E-state index in [1.165, 1.54) is 0 Å². The minimum absolute atomic E-state index is 0.00527. The fourth-order valence-corrected chi connectivity index (χ4v) is 3.66. The standard InChI is InChI=1S/C16H28N2O2/c1-10(2)12-13(19)17-16(5,6)14(20)18(12)11-7-8-15(3,4)9-11/h10-12H,7-9H2,1-6H3,(H,17,19). The first-order valence-electron chi connectivity index (χ1n) is 7.70. The molecule has 20 heavy (non-hydrogen) atoms. The number of nitrogens with one attached hydrogen (secondary N) is 1. The predicted molar refractivity (Wildman–Crippen MR) is 79.1 cm³/mol. The molecular formula is C16H28N2O2. The van der Waals surface area contributed by atoms with Gasteiger partial charge in [0.1, 0.15) is 11.6 Å². The molecule has 0 aromatic carbocycles. The SMILES string of the molecule is CC(C)C1C(=O)NC(C)(C)C(=O)N1C1CCC(C)(C)C1. The molecule has 2 aliphatic rings. The molecule has 2 amide bonds. The second-order valence-corrected chi connectivity index (χ2v) is 8.08. The zero-order valence-corrected chi connectivity index (χ0v) is 13.6. The number of amides is 2. The molecule has 0 bridgehead atoms. The van der Waals surface area contributed by atoms with Crippen molar-refractivity contribution >= 4 is 11.8 Å². The molecule has 1 saturated carbocycles. The van der Waals surface area contributed by atoms with Gasteiger partial charge < -0.3 is 10.2 Å². The van der Waals surface area contributed by atoms with Crippen LogP contribution in [0.3, 0.4) is 0 Å². The Morgan fingerprint density at radius 3 is 2.25 bits per heavy atom. The van der Waals surface area contributed by atoms with Gasteiger partial charge in [-0.05, 0) is 44.4 Å². The molecule has 1 aliphatic heterocycles. The van der Waals surface area contributed by atoms with Crippen LogP contribution in [0.5, 0.6) is 0 Å². The molecule has 2 rings (SSSR count). The number of nitrogens with zero attached hydrogens (tertiary/aromatic N) is 1. The van der Waals surface area contributed by atoms with E-state index in [9.17, 15) is 9.59 Å². The largest absolute Gasteiger partial charge is 0.340 e. The quantitative estimate of drug-likeness (QED) is 0.844. The summed E-state index contributed by atoms with van der Waals surface area (Å²) >= 11 is 0. The van der Waals surface area contributed by atoms with Crippen LogP contribution < -0.4 is 5.32 Å². The zero-order valence-electron chi connectivity index (χ0n) is 13.6. The minimum Gasteiger partial charge on any atom is -0.340 e. The maximum atomic E-state index is 12.8. The molecule has 0 aromatic rings. The van der Waals surface area contributed by atoms with E-state index in [2.05, 4.69) is 19.2 Å². The van der Waals surface area contributed by atoms with Crippen molar-refractivity contribution in [3.63, 3.8) is 0 Å². The van der Waals surface area contributed by atoms with Gasteiger partial charge in [-0.25, -0.2) is 0 Å². The zero-order chi connectivity index (χ0) is 15.3. The second-order valence-electron chi connectivity index (χ2n) is 8.08. The van der Waals surface area contributed by atoms with Crippen LogP contribution in [0.15, 0.2) is 0 Å².